The number of H-pyrrole nitrogens is 1. The van der Waals surface area contributed by atoms with E-state index in [-0.39, 0.29) is 11.5 Å². The summed E-state index contributed by atoms with van der Waals surface area (Å²) in [6.07, 6.45) is 3.84. The van der Waals surface area contributed by atoms with Crippen LogP contribution in [0.3, 0.4) is 0 Å². The minimum absolute atomic E-state index is 0.00810. The number of nitrogen functional groups attached to an aromatic ring is 1. The summed E-state index contributed by atoms with van der Waals surface area (Å²) in [5, 5.41) is 8.24. The van der Waals surface area contributed by atoms with Crippen LogP contribution in [0.4, 0.5) is 5.82 Å². The molecule has 4 aromatic rings. The maximum Gasteiger partial charge on any atom is 0.360 e. The molecular weight excluding hydrogens is 402 g/mol. The zero-order valence-corrected chi connectivity index (χ0v) is 16.7. The van der Waals surface area contributed by atoms with E-state index in [1.54, 1.807) is 12.3 Å². The van der Waals surface area contributed by atoms with Gasteiger partial charge in [-0.3, -0.25) is 5.10 Å². The molecule has 3 N–H and O–H groups in total. The molecule has 2 heterocycles. The monoisotopic (exact) mass is 419 g/mol. The maximum atomic E-state index is 12.6. The molecule has 0 spiro atoms. The number of hydrogen-bond acceptors (Lipinski definition) is 6. The Bertz CT molecular complexity index is 1250. The lowest BCUT2D eigenvalue weighted by Crippen LogP contribution is -2.15. The fourth-order valence-electron chi connectivity index (χ4n) is 3.29. The Hall–Kier alpha value is -3.45. The van der Waals surface area contributed by atoms with Crippen molar-refractivity contribution < 1.29 is 9.53 Å². The van der Waals surface area contributed by atoms with Gasteiger partial charge in [0.25, 0.3) is 0 Å². The third-order valence-corrected chi connectivity index (χ3v) is 5.38. The number of fused-ring (bicyclic) bond motifs is 1. The maximum absolute atomic E-state index is 12.6. The largest absolute Gasteiger partial charge is 0.461 e. The van der Waals surface area contributed by atoms with E-state index in [1.807, 2.05) is 36.4 Å². The number of carbonyl (C=O) groups is 1. The average molecular weight is 420 g/mol. The van der Waals surface area contributed by atoms with E-state index in [0.29, 0.717) is 34.5 Å². The number of ether oxygens (including phenoxy) is 1. The van der Waals surface area contributed by atoms with Crippen LogP contribution in [0, 0.1) is 5.92 Å². The summed E-state index contributed by atoms with van der Waals surface area (Å²) in [5.41, 5.74) is 9.45. The van der Waals surface area contributed by atoms with Crippen molar-refractivity contribution in [2.75, 3.05) is 12.3 Å². The summed E-state index contributed by atoms with van der Waals surface area (Å²) in [6.45, 7) is 0.378. The molecule has 1 fully saturated rings. The molecule has 2 aromatic carbocycles. The fourth-order valence-corrected chi connectivity index (χ4v) is 3.56. The van der Waals surface area contributed by atoms with E-state index in [2.05, 4.69) is 20.2 Å². The first kappa shape index (κ1) is 18.6. The van der Waals surface area contributed by atoms with E-state index in [1.165, 1.54) is 0 Å². The van der Waals surface area contributed by atoms with Gasteiger partial charge in [-0.25, -0.2) is 14.8 Å². The van der Waals surface area contributed by atoms with E-state index in [4.69, 9.17) is 22.1 Å². The van der Waals surface area contributed by atoms with Gasteiger partial charge in [-0.15, -0.1) is 0 Å². The zero-order chi connectivity index (χ0) is 20.7. The van der Waals surface area contributed by atoms with Gasteiger partial charge < -0.3 is 10.5 Å². The molecule has 1 aliphatic carbocycles. The first-order valence-corrected chi connectivity index (χ1v) is 10.0. The molecule has 0 aliphatic heterocycles. The normalized spacial score (nSPS) is 13.5. The highest BCUT2D eigenvalue weighted by Crippen LogP contribution is 2.35. The SMILES string of the molecule is Nc1nc(-c2ccccc2)c(-c2cc(Cl)c3[nH]ncc3c2)nc1C(=O)OCC1CC1. The van der Waals surface area contributed by atoms with Crippen LogP contribution in [0.15, 0.2) is 48.7 Å². The van der Waals surface area contributed by atoms with Gasteiger partial charge in [0, 0.05) is 16.5 Å². The first-order valence-electron chi connectivity index (χ1n) is 9.63. The summed E-state index contributed by atoms with van der Waals surface area (Å²) >= 11 is 6.44. The lowest BCUT2D eigenvalue weighted by atomic mass is 10.0. The lowest BCUT2D eigenvalue weighted by molar-refractivity contribution is 0.0480. The number of rotatable bonds is 5. The molecule has 0 atom stereocenters. The standard InChI is InChI=1S/C22H18ClN5O2/c23-16-9-14(8-15-10-25-28-17(15)16)19-18(13-4-2-1-3-5-13)27-21(24)20(26-19)22(29)30-11-12-6-7-12/h1-5,8-10,12H,6-7,11H2,(H2,24,27)(H,25,28). The fraction of sp³-hybridized carbons (Fsp3) is 0.182. The smallest absolute Gasteiger partial charge is 0.360 e. The molecule has 150 valence electrons. The van der Waals surface area contributed by atoms with Gasteiger partial charge in [0.15, 0.2) is 11.5 Å². The molecule has 0 radical (unpaired) electrons. The van der Waals surface area contributed by atoms with Gasteiger partial charge in [0.2, 0.25) is 0 Å². The van der Waals surface area contributed by atoms with Gasteiger partial charge in [-0.1, -0.05) is 41.9 Å². The minimum Gasteiger partial charge on any atom is -0.461 e. The third kappa shape index (κ3) is 3.48. The molecule has 30 heavy (non-hydrogen) atoms. The molecule has 2 aromatic heterocycles. The first-order chi connectivity index (χ1) is 14.6. The zero-order valence-electron chi connectivity index (χ0n) is 15.9. The van der Waals surface area contributed by atoms with Gasteiger partial charge in [-0.2, -0.15) is 5.10 Å². The minimum atomic E-state index is -0.566. The van der Waals surface area contributed by atoms with Crippen LogP contribution >= 0.6 is 11.6 Å². The van der Waals surface area contributed by atoms with Gasteiger partial charge in [-0.05, 0) is 30.9 Å². The second-order valence-electron chi connectivity index (χ2n) is 7.35. The van der Waals surface area contributed by atoms with E-state index in [0.717, 1.165) is 29.3 Å². The molecule has 5 rings (SSSR count). The quantitative estimate of drug-likeness (QED) is 0.461. The summed E-state index contributed by atoms with van der Waals surface area (Å²) in [6, 6.07) is 13.2. The van der Waals surface area contributed by atoms with Gasteiger partial charge in [0.05, 0.1) is 34.7 Å². The topological polar surface area (TPSA) is 107 Å². The number of halogens is 1. The number of nitrogens with one attached hydrogen (secondary N) is 1. The molecule has 0 unspecified atom stereocenters. The van der Waals surface area contributed by atoms with Crippen molar-refractivity contribution in [1.29, 1.82) is 0 Å². The Morgan fingerprint density at radius 3 is 2.67 bits per heavy atom. The predicted molar refractivity (Wildman–Crippen MR) is 115 cm³/mol. The van der Waals surface area contributed by atoms with Crippen molar-refractivity contribution in [2.45, 2.75) is 12.8 Å². The predicted octanol–water partition coefficient (Wildman–Crippen LogP) is 4.49. The molecule has 0 amide bonds. The van der Waals surface area contributed by atoms with E-state index < -0.39 is 5.97 Å². The number of benzene rings is 2. The Morgan fingerprint density at radius 1 is 1.13 bits per heavy atom. The highest BCUT2D eigenvalue weighted by atomic mass is 35.5. The number of aromatic amines is 1. The number of hydrogen-bond donors (Lipinski definition) is 2. The Labute approximate surface area is 177 Å². The number of esters is 1. The molecule has 7 nitrogen and oxygen atoms in total. The van der Waals surface area contributed by atoms with E-state index >= 15 is 0 Å². The molecule has 8 heteroatoms. The van der Waals surface area contributed by atoms with Crippen molar-refractivity contribution in [1.82, 2.24) is 20.2 Å². The van der Waals surface area contributed by atoms with Crippen LogP contribution in [0.25, 0.3) is 33.4 Å². The highest BCUT2D eigenvalue weighted by Gasteiger charge is 2.26. The third-order valence-electron chi connectivity index (χ3n) is 5.08. The number of aromatic nitrogens is 4. The molecule has 1 saturated carbocycles. The van der Waals surface area contributed by atoms with Crippen molar-refractivity contribution in [3.8, 4) is 22.5 Å². The lowest BCUT2D eigenvalue weighted by Gasteiger charge is -2.13. The second-order valence-corrected chi connectivity index (χ2v) is 7.76. The van der Waals surface area contributed by atoms with Crippen molar-refractivity contribution in [3.63, 3.8) is 0 Å². The van der Waals surface area contributed by atoms with Crippen molar-refractivity contribution in [3.05, 3.63) is 59.4 Å². The molecular formula is C22H18ClN5O2. The van der Waals surface area contributed by atoms with Crippen LogP contribution in [-0.4, -0.2) is 32.7 Å². The number of nitrogens with two attached hydrogens (primary N) is 1. The number of nitrogens with zero attached hydrogens (tertiary/aromatic N) is 3. The second kappa shape index (κ2) is 7.42. The Morgan fingerprint density at radius 2 is 1.90 bits per heavy atom. The van der Waals surface area contributed by atoms with Crippen LogP contribution in [-0.2, 0) is 4.74 Å². The molecule has 0 saturated heterocycles. The summed E-state index contributed by atoms with van der Waals surface area (Å²) in [5.74, 6) is -0.0920. The van der Waals surface area contributed by atoms with Crippen LogP contribution in [0.1, 0.15) is 23.3 Å². The van der Waals surface area contributed by atoms with Crippen molar-refractivity contribution in [2.24, 2.45) is 5.92 Å². The number of anilines is 1. The summed E-state index contributed by atoms with van der Waals surface area (Å²) < 4.78 is 5.39. The summed E-state index contributed by atoms with van der Waals surface area (Å²) in [7, 11) is 0. The van der Waals surface area contributed by atoms with Crippen molar-refractivity contribution >= 4 is 34.3 Å². The van der Waals surface area contributed by atoms with Crippen LogP contribution in [0.2, 0.25) is 5.02 Å². The van der Waals surface area contributed by atoms with Crippen LogP contribution in [0.5, 0.6) is 0 Å². The Kier molecular flexibility index (Phi) is 4.59. The average Bonchev–Trinajstić information content (AvgIpc) is 3.47. The summed E-state index contributed by atoms with van der Waals surface area (Å²) in [4.78, 5) is 21.7. The van der Waals surface area contributed by atoms with Gasteiger partial charge >= 0.3 is 5.97 Å². The number of carbonyl (C=O) groups excluding carboxylic acids is 1. The van der Waals surface area contributed by atoms with Crippen LogP contribution < -0.4 is 5.73 Å². The Balaban J connectivity index is 1.66. The molecule has 0 bridgehead atoms. The highest BCUT2D eigenvalue weighted by molar-refractivity contribution is 6.35. The molecule has 1 aliphatic rings. The van der Waals surface area contributed by atoms with Gasteiger partial charge in [0.1, 0.15) is 0 Å². The van der Waals surface area contributed by atoms with E-state index in [9.17, 15) is 4.79 Å².